The van der Waals surface area contributed by atoms with Crippen molar-refractivity contribution >= 4 is 18.3 Å². The third-order valence-electron chi connectivity index (χ3n) is 2.78. The number of nitrogens with one attached hydrogen (secondary N) is 2. The maximum atomic E-state index is 11.9. The summed E-state index contributed by atoms with van der Waals surface area (Å²) >= 11 is 0. The van der Waals surface area contributed by atoms with Crippen molar-refractivity contribution in [1.29, 1.82) is 0 Å². The molecule has 0 radical (unpaired) electrons. The largest absolute Gasteiger partial charge is 0.491 e. The van der Waals surface area contributed by atoms with Crippen LogP contribution in [0.1, 0.15) is 26.3 Å². The van der Waals surface area contributed by atoms with Gasteiger partial charge in [-0.15, -0.1) is 12.4 Å². The lowest BCUT2D eigenvalue weighted by molar-refractivity contribution is -0.120. The number of hydrogen-bond acceptors (Lipinski definition) is 3. The van der Waals surface area contributed by atoms with Crippen molar-refractivity contribution in [3.63, 3.8) is 0 Å². The van der Waals surface area contributed by atoms with Crippen molar-refractivity contribution in [2.24, 2.45) is 0 Å². The normalized spacial score (nSPS) is 11.7. The maximum Gasteiger partial charge on any atom is 0.224 e. The third-order valence-corrected chi connectivity index (χ3v) is 2.78. The van der Waals surface area contributed by atoms with Crippen LogP contribution in [0, 0.1) is 0 Å². The van der Waals surface area contributed by atoms with Crippen molar-refractivity contribution in [2.75, 3.05) is 13.6 Å². The van der Waals surface area contributed by atoms with E-state index in [1.54, 1.807) is 0 Å². The van der Waals surface area contributed by atoms with Crippen LogP contribution in [0.2, 0.25) is 0 Å². The van der Waals surface area contributed by atoms with Crippen LogP contribution in [-0.4, -0.2) is 31.6 Å². The van der Waals surface area contributed by atoms with Gasteiger partial charge in [-0.05, 0) is 33.9 Å². The Morgan fingerprint density at radius 1 is 1.25 bits per heavy atom. The molecule has 0 aliphatic heterocycles. The van der Waals surface area contributed by atoms with Crippen LogP contribution < -0.4 is 15.4 Å². The topological polar surface area (TPSA) is 50.4 Å². The monoisotopic (exact) mass is 300 g/mol. The van der Waals surface area contributed by atoms with E-state index in [1.165, 1.54) is 0 Å². The molecule has 114 valence electrons. The molecule has 1 unspecified atom stereocenters. The Morgan fingerprint density at radius 2 is 1.90 bits per heavy atom. The second-order valence-corrected chi connectivity index (χ2v) is 4.94. The number of carbonyl (C=O) groups is 1. The minimum Gasteiger partial charge on any atom is -0.491 e. The van der Waals surface area contributed by atoms with E-state index >= 15 is 0 Å². The predicted molar refractivity (Wildman–Crippen MR) is 84.7 cm³/mol. The minimum absolute atomic E-state index is 0. The lowest BCUT2D eigenvalue weighted by atomic mass is 10.1. The highest BCUT2D eigenvalue weighted by Crippen LogP contribution is 2.19. The summed E-state index contributed by atoms with van der Waals surface area (Å²) in [5.74, 6) is 0.802. The molecule has 5 heteroatoms. The first-order valence-corrected chi connectivity index (χ1v) is 6.71. The molecule has 1 amide bonds. The van der Waals surface area contributed by atoms with E-state index in [0.29, 0.717) is 13.0 Å². The van der Waals surface area contributed by atoms with Gasteiger partial charge in [-0.3, -0.25) is 4.79 Å². The van der Waals surface area contributed by atoms with Gasteiger partial charge in [0.15, 0.2) is 0 Å². The summed E-state index contributed by atoms with van der Waals surface area (Å²) in [6, 6.07) is 7.94. The van der Waals surface area contributed by atoms with Gasteiger partial charge in [0, 0.05) is 18.2 Å². The molecule has 0 aromatic heterocycles. The van der Waals surface area contributed by atoms with Crippen molar-refractivity contribution < 1.29 is 9.53 Å². The Labute approximate surface area is 127 Å². The Bertz CT molecular complexity index is 411. The van der Waals surface area contributed by atoms with Crippen LogP contribution in [0.25, 0.3) is 0 Å². The molecule has 0 saturated carbocycles. The molecule has 0 bridgehead atoms. The Hall–Kier alpha value is -1.26. The zero-order chi connectivity index (χ0) is 14.3. The molecule has 4 nitrogen and oxygen atoms in total. The van der Waals surface area contributed by atoms with Crippen molar-refractivity contribution in [2.45, 2.75) is 39.3 Å². The third kappa shape index (κ3) is 6.78. The van der Waals surface area contributed by atoms with Crippen LogP contribution >= 0.6 is 12.4 Å². The molecule has 1 rings (SSSR count). The molecule has 1 atom stereocenters. The summed E-state index contributed by atoms with van der Waals surface area (Å²) in [4.78, 5) is 11.9. The molecular formula is C15H25ClN2O2. The number of hydrogen-bond donors (Lipinski definition) is 2. The summed E-state index contributed by atoms with van der Waals surface area (Å²) < 4.78 is 5.70. The van der Waals surface area contributed by atoms with E-state index in [9.17, 15) is 4.79 Å². The summed E-state index contributed by atoms with van der Waals surface area (Å²) in [5.41, 5.74) is 0.922. The summed E-state index contributed by atoms with van der Waals surface area (Å²) in [5, 5.41) is 5.99. The van der Waals surface area contributed by atoms with Gasteiger partial charge >= 0.3 is 0 Å². The quantitative estimate of drug-likeness (QED) is 0.811. The standard InChI is InChI=1S/C15H24N2O2.ClH/c1-11(2)19-14-8-6-5-7-13(14)9-15(18)17-10-12(3)16-4;/h5-8,11-12,16H,9-10H2,1-4H3,(H,17,18);1H. The second kappa shape index (κ2) is 9.61. The van der Waals surface area contributed by atoms with Gasteiger partial charge in [0.05, 0.1) is 12.5 Å². The molecule has 2 N–H and O–H groups in total. The van der Waals surface area contributed by atoms with Crippen molar-refractivity contribution in [3.8, 4) is 5.75 Å². The highest BCUT2D eigenvalue weighted by molar-refractivity contribution is 5.85. The molecular weight excluding hydrogens is 276 g/mol. The van der Waals surface area contributed by atoms with E-state index < -0.39 is 0 Å². The average Bonchev–Trinajstić information content (AvgIpc) is 2.37. The first-order chi connectivity index (χ1) is 9.02. The van der Waals surface area contributed by atoms with Gasteiger partial charge in [0.2, 0.25) is 5.91 Å². The smallest absolute Gasteiger partial charge is 0.224 e. The van der Waals surface area contributed by atoms with Gasteiger partial charge in [-0.25, -0.2) is 0 Å². The predicted octanol–water partition coefficient (Wildman–Crippen LogP) is 2.16. The lowest BCUT2D eigenvalue weighted by Crippen LogP contribution is -2.37. The zero-order valence-corrected chi connectivity index (χ0v) is 13.4. The van der Waals surface area contributed by atoms with E-state index in [0.717, 1.165) is 11.3 Å². The lowest BCUT2D eigenvalue weighted by Gasteiger charge is -2.15. The van der Waals surface area contributed by atoms with Gasteiger partial charge < -0.3 is 15.4 Å². The Morgan fingerprint density at radius 3 is 2.50 bits per heavy atom. The Kier molecular flexibility index (Phi) is 9.01. The number of carbonyl (C=O) groups excluding carboxylic acids is 1. The van der Waals surface area contributed by atoms with E-state index in [-0.39, 0.29) is 30.5 Å². The van der Waals surface area contributed by atoms with E-state index in [1.807, 2.05) is 52.1 Å². The number of amides is 1. The van der Waals surface area contributed by atoms with Crippen LogP contribution in [0.5, 0.6) is 5.75 Å². The molecule has 0 fully saturated rings. The van der Waals surface area contributed by atoms with Gasteiger partial charge in [0.25, 0.3) is 0 Å². The first kappa shape index (κ1) is 18.7. The van der Waals surface area contributed by atoms with Crippen LogP contribution in [0.4, 0.5) is 0 Å². The number of likely N-dealkylation sites (N-methyl/N-ethyl adjacent to an activating group) is 1. The van der Waals surface area contributed by atoms with Gasteiger partial charge in [-0.1, -0.05) is 18.2 Å². The number of halogens is 1. The number of benzene rings is 1. The average molecular weight is 301 g/mol. The molecule has 1 aromatic carbocycles. The first-order valence-electron chi connectivity index (χ1n) is 6.71. The zero-order valence-electron chi connectivity index (χ0n) is 12.6. The molecule has 0 spiro atoms. The molecule has 0 aliphatic carbocycles. The van der Waals surface area contributed by atoms with Crippen molar-refractivity contribution in [3.05, 3.63) is 29.8 Å². The molecule has 0 aliphatic rings. The fraction of sp³-hybridized carbons (Fsp3) is 0.533. The fourth-order valence-corrected chi connectivity index (χ4v) is 1.62. The van der Waals surface area contributed by atoms with Gasteiger partial charge in [-0.2, -0.15) is 0 Å². The summed E-state index contributed by atoms with van der Waals surface area (Å²) in [7, 11) is 1.88. The van der Waals surface area contributed by atoms with Crippen LogP contribution in [0.3, 0.4) is 0 Å². The molecule has 20 heavy (non-hydrogen) atoms. The number of rotatable bonds is 7. The van der Waals surface area contributed by atoms with Crippen molar-refractivity contribution in [1.82, 2.24) is 10.6 Å². The fourth-order valence-electron chi connectivity index (χ4n) is 1.62. The molecule has 0 heterocycles. The second-order valence-electron chi connectivity index (χ2n) is 4.94. The van der Waals surface area contributed by atoms with Gasteiger partial charge in [0.1, 0.15) is 5.75 Å². The highest BCUT2D eigenvalue weighted by atomic mass is 35.5. The summed E-state index contributed by atoms with van der Waals surface area (Å²) in [6.07, 6.45) is 0.452. The maximum absolute atomic E-state index is 11.9. The molecule has 0 saturated heterocycles. The van der Waals surface area contributed by atoms with E-state index in [4.69, 9.17) is 4.74 Å². The number of para-hydroxylation sites is 1. The number of ether oxygens (including phenoxy) is 1. The van der Waals surface area contributed by atoms with E-state index in [2.05, 4.69) is 10.6 Å². The summed E-state index contributed by atoms with van der Waals surface area (Å²) in [6.45, 7) is 6.61. The highest BCUT2D eigenvalue weighted by Gasteiger charge is 2.10. The Balaban J connectivity index is 0.00000361. The SMILES string of the molecule is CNC(C)CNC(=O)Cc1ccccc1OC(C)C.Cl. The van der Waals surface area contributed by atoms with Crippen LogP contribution in [-0.2, 0) is 11.2 Å². The minimum atomic E-state index is 0. The molecule has 1 aromatic rings. The van der Waals surface area contributed by atoms with Crippen LogP contribution in [0.15, 0.2) is 24.3 Å².